The zero-order valence-corrected chi connectivity index (χ0v) is 19.4. The van der Waals surface area contributed by atoms with Crippen LogP contribution in [-0.4, -0.2) is 31.1 Å². The van der Waals surface area contributed by atoms with Crippen LogP contribution in [0.4, 0.5) is 10.1 Å². The van der Waals surface area contributed by atoms with Crippen LogP contribution in [-0.2, 0) is 12.8 Å². The minimum Gasteiger partial charge on any atom is -0.310 e. The molecule has 1 atom stereocenters. The number of rotatable bonds is 5. The minimum absolute atomic E-state index is 0.0757. The lowest BCUT2D eigenvalue weighted by molar-refractivity contribution is 0.167. The van der Waals surface area contributed by atoms with Crippen molar-refractivity contribution in [2.45, 2.75) is 43.4 Å². The molecule has 1 unspecified atom stereocenters. The predicted molar refractivity (Wildman–Crippen MR) is 133 cm³/mol. The number of aryl methyl sites for hydroxylation is 1. The number of piperidine rings is 1. The van der Waals surface area contributed by atoms with Crippen molar-refractivity contribution in [3.8, 4) is 0 Å². The third-order valence-electron chi connectivity index (χ3n) is 7.81. The van der Waals surface area contributed by atoms with E-state index in [0.717, 1.165) is 37.8 Å². The molecule has 2 heterocycles. The molecule has 3 aromatic carbocycles. The molecule has 4 heteroatoms. The molecule has 0 radical (unpaired) electrons. The zero-order chi connectivity index (χ0) is 21.5. The summed E-state index contributed by atoms with van der Waals surface area (Å²) in [6, 6.07) is 18.7. The van der Waals surface area contributed by atoms with E-state index in [2.05, 4.69) is 45.6 Å². The molecule has 1 saturated heterocycles. The standard InChI is InChI=1S/C28H31FN2S/c29-25-10-9-22-8-7-21(18-24(22)19-25)17-20-11-13-30(14-12-20)15-16-31-26-5-1-3-23-4-2-6-27(32-31)28(23)26/h1-6,9-10,19-21H,7-8,11-18H2. The second-order valence-corrected chi connectivity index (χ2v) is 10.9. The lowest BCUT2D eigenvalue weighted by Crippen LogP contribution is -2.38. The highest BCUT2D eigenvalue weighted by Crippen LogP contribution is 2.45. The summed E-state index contributed by atoms with van der Waals surface area (Å²) in [6.07, 6.45) is 7.43. The van der Waals surface area contributed by atoms with Crippen LogP contribution in [0.5, 0.6) is 0 Å². The Morgan fingerprint density at radius 3 is 2.59 bits per heavy atom. The van der Waals surface area contributed by atoms with E-state index in [0.29, 0.717) is 0 Å². The fraction of sp³-hybridized carbons (Fsp3) is 0.429. The van der Waals surface area contributed by atoms with Crippen LogP contribution in [0, 0.1) is 17.7 Å². The molecule has 1 aliphatic carbocycles. The van der Waals surface area contributed by atoms with Crippen LogP contribution in [0.15, 0.2) is 59.5 Å². The molecule has 3 aromatic rings. The predicted octanol–water partition coefficient (Wildman–Crippen LogP) is 6.71. The maximum Gasteiger partial charge on any atom is 0.123 e. The third-order valence-corrected chi connectivity index (χ3v) is 8.95. The van der Waals surface area contributed by atoms with E-state index >= 15 is 0 Å². The van der Waals surface area contributed by atoms with Crippen LogP contribution in [0.25, 0.3) is 10.8 Å². The first-order valence-corrected chi connectivity index (χ1v) is 13.0. The van der Waals surface area contributed by atoms with Crippen molar-refractivity contribution in [2.24, 2.45) is 11.8 Å². The smallest absolute Gasteiger partial charge is 0.123 e. The van der Waals surface area contributed by atoms with Crippen LogP contribution in [0.1, 0.15) is 36.8 Å². The largest absolute Gasteiger partial charge is 0.310 e. The highest BCUT2D eigenvalue weighted by Gasteiger charge is 2.27. The summed E-state index contributed by atoms with van der Waals surface area (Å²) >= 11 is 1.90. The Balaban J connectivity index is 0.996. The highest BCUT2D eigenvalue weighted by molar-refractivity contribution is 8.01. The number of likely N-dealkylation sites (tertiary alicyclic amines) is 1. The fourth-order valence-electron chi connectivity index (χ4n) is 6.06. The number of halogens is 1. The van der Waals surface area contributed by atoms with Crippen molar-refractivity contribution in [1.82, 2.24) is 4.90 Å². The SMILES string of the molecule is Fc1ccc2c(c1)CC(CC1CCN(CCN3Sc4cccc5cccc3c45)CC1)CC2. The maximum absolute atomic E-state index is 13.6. The molecule has 0 aromatic heterocycles. The van der Waals surface area contributed by atoms with E-state index in [1.807, 2.05) is 18.0 Å². The van der Waals surface area contributed by atoms with E-state index in [1.54, 1.807) is 12.1 Å². The van der Waals surface area contributed by atoms with Gasteiger partial charge in [0.15, 0.2) is 0 Å². The molecule has 0 bridgehead atoms. The van der Waals surface area contributed by atoms with E-state index < -0.39 is 0 Å². The van der Waals surface area contributed by atoms with Crippen molar-refractivity contribution < 1.29 is 4.39 Å². The summed E-state index contributed by atoms with van der Waals surface area (Å²) < 4.78 is 16.1. The van der Waals surface area contributed by atoms with E-state index in [4.69, 9.17) is 0 Å². The molecule has 2 aliphatic heterocycles. The lowest BCUT2D eigenvalue weighted by Gasteiger charge is -2.35. The van der Waals surface area contributed by atoms with E-state index in [1.165, 1.54) is 71.3 Å². The van der Waals surface area contributed by atoms with Gasteiger partial charge in [0.25, 0.3) is 0 Å². The lowest BCUT2D eigenvalue weighted by atomic mass is 9.77. The highest BCUT2D eigenvalue weighted by atomic mass is 32.2. The molecule has 1 fully saturated rings. The molecule has 32 heavy (non-hydrogen) atoms. The van der Waals surface area contributed by atoms with Crippen molar-refractivity contribution >= 4 is 28.4 Å². The zero-order valence-electron chi connectivity index (χ0n) is 18.6. The fourth-order valence-corrected chi connectivity index (χ4v) is 7.17. The van der Waals surface area contributed by atoms with Crippen molar-refractivity contribution in [1.29, 1.82) is 0 Å². The van der Waals surface area contributed by atoms with Gasteiger partial charge in [0.1, 0.15) is 5.82 Å². The number of anilines is 1. The molecule has 2 nitrogen and oxygen atoms in total. The average molecular weight is 447 g/mol. The van der Waals surface area contributed by atoms with Gasteiger partial charge in [0, 0.05) is 23.4 Å². The minimum atomic E-state index is -0.0757. The van der Waals surface area contributed by atoms with Gasteiger partial charge in [-0.15, -0.1) is 0 Å². The van der Waals surface area contributed by atoms with Gasteiger partial charge in [-0.25, -0.2) is 4.39 Å². The van der Waals surface area contributed by atoms with Gasteiger partial charge in [0.2, 0.25) is 0 Å². The molecule has 6 rings (SSSR count). The molecule has 0 spiro atoms. The van der Waals surface area contributed by atoms with E-state index in [9.17, 15) is 4.39 Å². The number of fused-ring (bicyclic) bond motifs is 1. The van der Waals surface area contributed by atoms with Crippen molar-refractivity contribution in [3.63, 3.8) is 0 Å². The summed E-state index contributed by atoms with van der Waals surface area (Å²) in [5.41, 5.74) is 4.01. The second kappa shape index (κ2) is 8.72. The Labute approximate surface area is 194 Å². The van der Waals surface area contributed by atoms with Gasteiger partial charge in [-0.05, 0) is 116 Å². The van der Waals surface area contributed by atoms with Gasteiger partial charge < -0.3 is 9.21 Å². The molecule has 0 amide bonds. The van der Waals surface area contributed by atoms with Gasteiger partial charge >= 0.3 is 0 Å². The van der Waals surface area contributed by atoms with Crippen LogP contribution in [0.3, 0.4) is 0 Å². The molecular weight excluding hydrogens is 415 g/mol. The topological polar surface area (TPSA) is 6.48 Å². The number of hydrogen-bond donors (Lipinski definition) is 0. The number of hydrogen-bond acceptors (Lipinski definition) is 3. The molecular formula is C28H31FN2S. The summed E-state index contributed by atoms with van der Waals surface area (Å²) in [7, 11) is 0. The second-order valence-electron chi connectivity index (χ2n) is 9.87. The Kier molecular flexibility index (Phi) is 5.60. The Morgan fingerprint density at radius 1 is 0.875 bits per heavy atom. The van der Waals surface area contributed by atoms with Gasteiger partial charge in [-0.1, -0.05) is 30.3 Å². The van der Waals surface area contributed by atoms with Gasteiger partial charge in [-0.2, -0.15) is 0 Å². The Morgan fingerprint density at radius 2 is 1.72 bits per heavy atom. The van der Waals surface area contributed by atoms with Gasteiger partial charge in [-0.3, -0.25) is 0 Å². The first-order chi connectivity index (χ1) is 15.7. The summed E-state index contributed by atoms with van der Waals surface area (Å²) in [5, 5.41) is 2.77. The van der Waals surface area contributed by atoms with Crippen LogP contribution < -0.4 is 4.31 Å². The third kappa shape index (κ3) is 4.04. The van der Waals surface area contributed by atoms with Gasteiger partial charge in [0.05, 0.1) is 5.69 Å². The molecule has 0 N–H and O–H groups in total. The van der Waals surface area contributed by atoms with Crippen LogP contribution in [0.2, 0.25) is 0 Å². The number of nitrogens with zero attached hydrogens (tertiary/aromatic N) is 2. The Hall–Kier alpha value is -2.04. The quantitative estimate of drug-likeness (QED) is 0.402. The van der Waals surface area contributed by atoms with Crippen LogP contribution >= 0.6 is 11.9 Å². The maximum atomic E-state index is 13.6. The molecule has 3 aliphatic rings. The average Bonchev–Trinajstić information content (AvgIpc) is 3.18. The normalized spacial score (nSPS) is 21.3. The summed E-state index contributed by atoms with van der Waals surface area (Å²) in [4.78, 5) is 4.05. The summed E-state index contributed by atoms with van der Waals surface area (Å²) in [6.45, 7) is 4.66. The Bertz CT molecular complexity index is 1120. The first-order valence-electron chi connectivity index (χ1n) is 12.2. The van der Waals surface area contributed by atoms with Crippen molar-refractivity contribution in [2.75, 3.05) is 30.5 Å². The summed E-state index contributed by atoms with van der Waals surface area (Å²) in [5.74, 6) is 1.50. The first kappa shape index (κ1) is 20.6. The monoisotopic (exact) mass is 446 g/mol. The molecule has 166 valence electrons. The van der Waals surface area contributed by atoms with E-state index in [-0.39, 0.29) is 5.82 Å². The van der Waals surface area contributed by atoms with Crippen molar-refractivity contribution in [3.05, 3.63) is 71.5 Å². The number of benzene rings is 3. The molecule has 0 saturated carbocycles.